The molecule has 0 radical (unpaired) electrons. The van der Waals surface area contributed by atoms with Crippen LogP contribution in [0.1, 0.15) is 27.6 Å². The molecule has 0 saturated carbocycles. The van der Waals surface area contributed by atoms with Gasteiger partial charge in [-0.2, -0.15) is 0 Å². The molecule has 1 atom stereocenters. The highest BCUT2D eigenvalue weighted by Gasteiger charge is 2.31. The van der Waals surface area contributed by atoms with Gasteiger partial charge in [-0.3, -0.25) is 14.5 Å². The minimum Gasteiger partial charge on any atom is -0.356 e. The summed E-state index contributed by atoms with van der Waals surface area (Å²) in [6.45, 7) is 6.21. The molecule has 2 aromatic rings. The Morgan fingerprint density at radius 2 is 2.11 bits per heavy atom. The number of hydrogen-bond donors (Lipinski definition) is 2. The van der Waals surface area contributed by atoms with E-state index in [9.17, 15) is 14.0 Å². The highest BCUT2D eigenvalue weighted by molar-refractivity contribution is 7.11. The van der Waals surface area contributed by atoms with Gasteiger partial charge in [0.25, 0.3) is 0 Å². The van der Waals surface area contributed by atoms with Gasteiger partial charge in [-0.25, -0.2) is 9.37 Å². The van der Waals surface area contributed by atoms with Crippen molar-refractivity contribution in [2.75, 3.05) is 19.6 Å². The molecule has 3 rings (SSSR count). The summed E-state index contributed by atoms with van der Waals surface area (Å²) < 4.78 is 13.1. The SMILES string of the molecule is Cc1nc(CCNC(=O)C[C@H]2C(=O)NCCN2Cc2ccc(F)cc2)sc1C. The van der Waals surface area contributed by atoms with E-state index in [-0.39, 0.29) is 24.1 Å². The highest BCUT2D eigenvalue weighted by Crippen LogP contribution is 2.17. The van der Waals surface area contributed by atoms with Crippen LogP contribution in [0.3, 0.4) is 0 Å². The predicted octanol–water partition coefficient (Wildman–Crippen LogP) is 1.95. The molecule has 0 spiro atoms. The zero-order valence-electron chi connectivity index (χ0n) is 16.1. The van der Waals surface area contributed by atoms with E-state index in [0.717, 1.165) is 16.3 Å². The Kier molecular flexibility index (Phi) is 6.74. The Bertz CT molecular complexity index is 818. The maximum Gasteiger partial charge on any atom is 0.237 e. The number of aromatic nitrogens is 1. The Labute approximate surface area is 168 Å². The van der Waals surface area contributed by atoms with E-state index in [1.807, 2.05) is 18.7 Å². The lowest BCUT2D eigenvalue weighted by atomic mass is 10.1. The van der Waals surface area contributed by atoms with E-state index in [1.54, 1.807) is 23.5 Å². The fraction of sp³-hybridized carbons (Fsp3) is 0.450. The summed E-state index contributed by atoms with van der Waals surface area (Å²) in [4.78, 5) is 32.3. The van der Waals surface area contributed by atoms with Crippen LogP contribution in [0.25, 0.3) is 0 Å². The first-order valence-electron chi connectivity index (χ1n) is 9.38. The molecule has 1 aliphatic heterocycles. The molecule has 2 N–H and O–H groups in total. The van der Waals surface area contributed by atoms with Crippen molar-refractivity contribution < 1.29 is 14.0 Å². The van der Waals surface area contributed by atoms with E-state index in [4.69, 9.17) is 0 Å². The summed E-state index contributed by atoms with van der Waals surface area (Å²) >= 11 is 1.64. The second kappa shape index (κ2) is 9.25. The van der Waals surface area contributed by atoms with Crippen molar-refractivity contribution in [1.29, 1.82) is 0 Å². The van der Waals surface area contributed by atoms with E-state index < -0.39 is 6.04 Å². The summed E-state index contributed by atoms with van der Waals surface area (Å²) in [7, 11) is 0. The number of nitrogens with one attached hydrogen (secondary N) is 2. The topological polar surface area (TPSA) is 74.3 Å². The maximum atomic E-state index is 13.1. The van der Waals surface area contributed by atoms with Gasteiger partial charge >= 0.3 is 0 Å². The monoisotopic (exact) mass is 404 g/mol. The van der Waals surface area contributed by atoms with Gasteiger partial charge in [0.1, 0.15) is 5.82 Å². The van der Waals surface area contributed by atoms with Crippen LogP contribution >= 0.6 is 11.3 Å². The number of piperazine rings is 1. The first kappa shape index (κ1) is 20.4. The Hall–Kier alpha value is -2.32. The Morgan fingerprint density at radius 3 is 2.79 bits per heavy atom. The summed E-state index contributed by atoms with van der Waals surface area (Å²) in [5.74, 6) is -0.590. The number of benzene rings is 1. The van der Waals surface area contributed by atoms with Crippen LogP contribution in [-0.4, -0.2) is 47.4 Å². The summed E-state index contributed by atoms with van der Waals surface area (Å²) in [6.07, 6.45) is 0.782. The predicted molar refractivity (Wildman–Crippen MR) is 107 cm³/mol. The smallest absolute Gasteiger partial charge is 0.237 e. The second-order valence-corrected chi connectivity index (χ2v) is 8.24. The standard InChI is InChI=1S/C20H25FN4O2S/c1-13-14(2)28-19(24-13)7-8-22-18(26)11-17-20(27)23-9-10-25(17)12-15-3-5-16(21)6-4-15/h3-6,17H,7-12H2,1-2H3,(H,22,26)(H,23,27)/t17-/m0/s1. The van der Waals surface area contributed by atoms with Crippen molar-refractivity contribution in [2.45, 2.75) is 39.3 Å². The van der Waals surface area contributed by atoms with Gasteiger partial charge in [0, 0.05) is 37.5 Å². The van der Waals surface area contributed by atoms with Crippen LogP contribution in [-0.2, 0) is 22.6 Å². The summed E-state index contributed by atoms with van der Waals surface area (Å²) in [5.41, 5.74) is 1.94. The van der Waals surface area contributed by atoms with Crippen LogP contribution in [0.5, 0.6) is 0 Å². The molecule has 6 nitrogen and oxygen atoms in total. The molecule has 8 heteroatoms. The number of nitrogens with zero attached hydrogens (tertiary/aromatic N) is 2. The third kappa shape index (κ3) is 5.36. The zero-order chi connectivity index (χ0) is 20.1. The fourth-order valence-corrected chi connectivity index (χ4v) is 4.13. The van der Waals surface area contributed by atoms with Crippen molar-refractivity contribution >= 4 is 23.2 Å². The van der Waals surface area contributed by atoms with Crippen LogP contribution < -0.4 is 10.6 Å². The van der Waals surface area contributed by atoms with Gasteiger partial charge in [-0.15, -0.1) is 11.3 Å². The fourth-order valence-electron chi connectivity index (χ4n) is 3.20. The number of halogens is 1. The Balaban J connectivity index is 1.53. The quantitative estimate of drug-likeness (QED) is 0.740. The van der Waals surface area contributed by atoms with Gasteiger partial charge in [0.2, 0.25) is 11.8 Å². The van der Waals surface area contributed by atoms with Gasteiger partial charge < -0.3 is 10.6 Å². The number of thiazole rings is 1. The summed E-state index contributed by atoms with van der Waals surface area (Å²) in [5, 5.41) is 6.72. The average Bonchev–Trinajstić information content (AvgIpc) is 2.97. The largest absolute Gasteiger partial charge is 0.356 e. The van der Waals surface area contributed by atoms with Gasteiger partial charge in [0.05, 0.1) is 23.2 Å². The molecule has 2 amide bonds. The number of carbonyl (C=O) groups excluding carboxylic acids is 2. The molecule has 0 unspecified atom stereocenters. The van der Waals surface area contributed by atoms with E-state index in [0.29, 0.717) is 32.6 Å². The van der Waals surface area contributed by atoms with Crippen LogP contribution in [0.2, 0.25) is 0 Å². The minimum absolute atomic E-state index is 0.100. The highest BCUT2D eigenvalue weighted by atomic mass is 32.1. The summed E-state index contributed by atoms with van der Waals surface area (Å²) in [6, 6.07) is 5.70. The second-order valence-electron chi connectivity index (χ2n) is 6.96. The lowest BCUT2D eigenvalue weighted by Gasteiger charge is -2.34. The third-order valence-corrected chi connectivity index (χ3v) is 5.99. The van der Waals surface area contributed by atoms with Crippen LogP contribution in [0.4, 0.5) is 4.39 Å². The molecule has 28 heavy (non-hydrogen) atoms. The lowest BCUT2D eigenvalue weighted by Crippen LogP contribution is -2.56. The normalized spacial score (nSPS) is 17.4. The number of amides is 2. The van der Waals surface area contributed by atoms with E-state index in [2.05, 4.69) is 15.6 Å². The molecule has 1 aromatic carbocycles. The minimum atomic E-state index is -0.525. The first-order chi connectivity index (χ1) is 13.4. The molecule has 150 valence electrons. The van der Waals surface area contributed by atoms with Crippen LogP contribution in [0, 0.1) is 19.7 Å². The molecule has 0 aliphatic carbocycles. The van der Waals surface area contributed by atoms with Crippen molar-refractivity contribution in [1.82, 2.24) is 20.5 Å². The van der Waals surface area contributed by atoms with Crippen molar-refractivity contribution in [3.05, 3.63) is 51.2 Å². The van der Waals surface area contributed by atoms with Gasteiger partial charge in [-0.05, 0) is 31.5 Å². The molecule has 0 bridgehead atoms. The number of rotatable bonds is 7. The molecule has 2 heterocycles. The van der Waals surface area contributed by atoms with Crippen molar-refractivity contribution in [2.24, 2.45) is 0 Å². The lowest BCUT2D eigenvalue weighted by molar-refractivity contribution is -0.134. The maximum absolute atomic E-state index is 13.1. The molecule has 1 aromatic heterocycles. The number of aryl methyl sites for hydroxylation is 2. The number of carbonyl (C=O) groups is 2. The Morgan fingerprint density at radius 1 is 1.36 bits per heavy atom. The van der Waals surface area contributed by atoms with Gasteiger partial charge in [0.15, 0.2) is 0 Å². The van der Waals surface area contributed by atoms with Gasteiger partial charge in [-0.1, -0.05) is 12.1 Å². The van der Waals surface area contributed by atoms with Crippen molar-refractivity contribution in [3.8, 4) is 0 Å². The average molecular weight is 405 g/mol. The molecule has 1 fully saturated rings. The van der Waals surface area contributed by atoms with Crippen molar-refractivity contribution in [3.63, 3.8) is 0 Å². The molecule has 1 aliphatic rings. The van der Waals surface area contributed by atoms with E-state index in [1.165, 1.54) is 17.0 Å². The molecule has 1 saturated heterocycles. The number of hydrogen-bond acceptors (Lipinski definition) is 5. The third-order valence-electron chi connectivity index (χ3n) is 4.85. The van der Waals surface area contributed by atoms with Crippen LogP contribution in [0.15, 0.2) is 24.3 Å². The van der Waals surface area contributed by atoms with E-state index >= 15 is 0 Å². The molecular weight excluding hydrogens is 379 g/mol. The molecular formula is C20H25FN4O2S. The zero-order valence-corrected chi connectivity index (χ0v) is 16.9. The first-order valence-corrected chi connectivity index (χ1v) is 10.2.